The van der Waals surface area contributed by atoms with E-state index in [9.17, 15) is 9.59 Å². The van der Waals surface area contributed by atoms with Crippen molar-refractivity contribution in [2.45, 2.75) is 26.2 Å². The van der Waals surface area contributed by atoms with Crippen molar-refractivity contribution in [2.75, 3.05) is 63.8 Å². The second kappa shape index (κ2) is 14.1. The number of nitrogens with zero attached hydrogens (tertiary/aromatic N) is 4. The molecule has 2 aromatic carbocycles. The van der Waals surface area contributed by atoms with Gasteiger partial charge in [0.05, 0.1) is 10.0 Å². The average Bonchev–Trinajstić information content (AvgIpc) is 2.94. The number of hydrogen-bond acceptors (Lipinski definition) is 4. The molecule has 2 fully saturated rings. The minimum Gasteiger partial charge on any atom is -0.343 e. The molecule has 0 unspecified atom stereocenters. The lowest BCUT2D eigenvalue weighted by molar-refractivity contribution is -0.133. The largest absolute Gasteiger partial charge is 0.343 e. The highest BCUT2D eigenvalue weighted by Gasteiger charge is 2.30. The Morgan fingerprint density at radius 3 is 2.26 bits per heavy atom. The van der Waals surface area contributed by atoms with Gasteiger partial charge in [-0.3, -0.25) is 14.5 Å². The maximum Gasteiger partial charge on any atom is 0.230 e. The van der Waals surface area contributed by atoms with Crippen molar-refractivity contribution in [3.63, 3.8) is 0 Å². The molecular formula is C30H38Cl2N4O2. The highest BCUT2D eigenvalue weighted by molar-refractivity contribution is 6.42. The van der Waals surface area contributed by atoms with Crippen LogP contribution in [0, 0.1) is 5.92 Å². The third-order valence-electron chi connectivity index (χ3n) is 7.56. The van der Waals surface area contributed by atoms with Crippen molar-refractivity contribution in [1.29, 1.82) is 0 Å². The number of benzene rings is 2. The Morgan fingerprint density at radius 2 is 1.61 bits per heavy atom. The quantitative estimate of drug-likeness (QED) is 0.420. The van der Waals surface area contributed by atoms with Gasteiger partial charge in [0, 0.05) is 70.9 Å². The molecule has 2 aliphatic rings. The molecule has 0 spiro atoms. The first-order valence-electron chi connectivity index (χ1n) is 13.6. The average molecular weight is 558 g/mol. The summed E-state index contributed by atoms with van der Waals surface area (Å²) >= 11 is 12.5. The number of carbonyl (C=O) groups is 2. The Balaban J connectivity index is 1.28. The predicted molar refractivity (Wildman–Crippen MR) is 157 cm³/mol. The Morgan fingerprint density at radius 1 is 0.921 bits per heavy atom. The van der Waals surface area contributed by atoms with Gasteiger partial charge in [0.15, 0.2) is 0 Å². The molecule has 6 nitrogen and oxygen atoms in total. The molecule has 0 bridgehead atoms. The summed E-state index contributed by atoms with van der Waals surface area (Å²) in [6.07, 6.45) is 6.69. The molecule has 2 amide bonds. The van der Waals surface area contributed by atoms with E-state index in [1.165, 1.54) is 5.56 Å². The zero-order valence-corrected chi connectivity index (χ0v) is 23.7. The van der Waals surface area contributed by atoms with Crippen molar-refractivity contribution < 1.29 is 9.59 Å². The van der Waals surface area contributed by atoms with Gasteiger partial charge in [0.25, 0.3) is 0 Å². The second-order valence-electron chi connectivity index (χ2n) is 10.2. The number of anilines is 1. The second-order valence-corrected chi connectivity index (χ2v) is 11.0. The number of rotatable bonds is 9. The molecule has 2 saturated heterocycles. The summed E-state index contributed by atoms with van der Waals surface area (Å²) < 4.78 is 0. The molecule has 2 aliphatic heterocycles. The number of amides is 2. The van der Waals surface area contributed by atoms with E-state index in [1.54, 1.807) is 19.1 Å². The first-order valence-corrected chi connectivity index (χ1v) is 14.3. The SMILES string of the molecule is CC(=O)N1CCC(C(=O)N(CCCN2CCN(C/C=C/c3ccccc3)CC2)c2ccc(Cl)c(Cl)c2)CC1. The molecule has 4 rings (SSSR count). The van der Waals surface area contributed by atoms with Crippen LogP contribution in [-0.2, 0) is 9.59 Å². The Kier molecular flexibility index (Phi) is 10.6. The van der Waals surface area contributed by atoms with Gasteiger partial charge in [-0.05, 0) is 49.6 Å². The molecule has 0 saturated carbocycles. The number of likely N-dealkylation sites (tertiary alicyclic amines) is 1. The number of piperazine rings is 1. The standard InChI is InChI=1S/C30H38Cl2N4O2/c1-24(37)35-17-12-26(13-18-35)30(38)36(27-10-11-28(31)29(32)23-27)16-6-15-34-21-19-33(20-22-34)14-5-9-25-7-3-2-4-8-25/h2-5,7-11,23,26H,6,12-22H2,1H3/b9-5+. The topological polar surface area (TPSA) is 47.1 Å². The zero-order chi connectivity index (χ0) is 26.9. The van der Waals surface area contributed by atoms with E-state index < -0.39 is 0 Å². The number of piperidine rings is 1. The van der Waals surface area contributed by atoms with E-state index >= 15 is 0 Å². The fraction of sp³-hybridized carbons (Fsp3) is 0.467. The van der Waals surface area contributed by atoms with E-state index in [1.807, 2.05) is 21.9 Å². The maximum absolute atomic E-state index is 13.6. The summed E-state index contributed by atoms with van der Waals surface area (Å²) in [5, 5.41) is 0.930. The van der Waals surface area contributed by atoms with Gasteiger partial charge >= 0.3 is 0 Å². The Hall–Kier alpha value is -2.38. The Labute approximate surface area is 236 Å². The van der Waals surface area contributed by atoms with Crippen LogP contribution in [0.25, 0.3) is 6.08 Å². The van der Waals surface area contributed by atoms with E-state index in [2.05, 4.69) is 46.2 Å². The van der Waals surface area contributed by atoms with Crippen LogP contribution in [0.15, 0.2) is 54.6 Å². The van der Waals surface area contributed by atoms with E-state index in [0.717, 1.165) is 51.4 Å². The van der Waals surface area contributed by atoms with Crippen LogP contribution < -0.4 is 4.90 Å². The predicted octanol–water partition coefficient (Wildman–Crippen LogP) is 5.31. The molecule has 38 heavy (non-hydrogen) atoms. The fourth-order valence-corrected chi connectivity index (χ4v) is 5.52. The number of halogens is 2. The maximum atomic E-state index is 13.6. The molecule has 2 aromatic rings. The van der Waals surface area contributed by atoms with Crippen molar-refractivity contribution in [2.24, 2.45) is 5.92 Å². The van der Waals surface area contributed by atoms with Crippen molar-refractivity contribution in [1.82, 2.24) is 14.7 Å². The summed E-state index contributed by atoms with van der Waals surface area (Å²) in [6.45, 7) is 9.54. The van der Waals surface area contributed by atoms with Gasteiger partial charge in [0.1, 0.15) is 0 Å². The summed E-state index contributed by atoms with van der Waals surface area (Å²) in [6, 6.07) is 15.8. The lowest BCUT2D eigenvalue weighted by Gasteiger charge is -2.36. The molecular weight excluding hydrogens is 519 g/mol. The highest BCUT2D eigenvalue weighted by atomic mass is 35.5. The fourth-order valence-electron chi connectivity index (χ4n) is 5.23. The molecule has 0 aromatic heterocycles. The first kappa shape index (κ1) is 28.6. The van der Waals surface area contributed by atoms with Gasteiger partial charge in [0.2, 0.25) is 11.8 Å². The summed E-state index contributed by atoms with van der Waals surface area (Å²) in [5.41, 5.74) is 2.02. The van der Waals surface area contributed by atoms with Gasteiger partial charge < -0.3 is 14.7 Å². The minimum atomic E-state index is -0.0902. The molecule has 2 heterocycles. The summed E-state index contributed by atoms with van der Waals surface area (Å²) in [5.74, 6) is 0.0960. The molecule has 0 aliphatic carbocycles. The molecule has 8 heteroatoms. The third kappa shape index (κ3) is 8.06. The van der Waals surface area contributed by atoms with Crippen LogP contribution in [0.1, 0.15) is 31.7 Å². The normalized spacial score (nSPS) is 17.7. The van der Waals surface area contributed by atoms with Crippen LogP contribution in [0.5, 0.6) is 0 Å². The van der Waals surface area contributed by atoms with Gasteiger partial charge in [-0.1, -0.05) is 65.7 Å². The Bertz CT molecular complexity index is 1090. The van der Waals surface area contributed by atoms with E-state index in [-0.39, 0.29) is 17.7 Å². The van der Waals surface area contributed by atoms with E-state index in [4.69, 9.17) is 23.2 Å². The van der Waals surface area contributed by atoms with Gasteiger partial charge in [-0.25, -0.2) is 0 Å². The van der Waals surface area contributed by atoms with Crippen molar-refractivity contribution in [3.8, 4) is 0 Å². The van der Waals surface area contributed by atoms with Gasteiger partial charge in [-0.15, -0.1) is 0 Å². The number of hydrogen-bond donors (Lipinski definition) is 0. The van der Waals surface area contributed by atoms with Crippen molar-refractivity contribution in [3.05, 3.63) is 70.2 Å². The minimum absolute atomic E-state index is 0.0737. The zero-order valence-electron chi connectivity index (χ0n) is 22.2. The van der Waals surface area contributed by atoms with Crippen LogP contribution in [0.4, 0.5) is 5.69 Å². The summed E-state index contributed by atoms with van der Waals surface area (Å²) in [4.78, 5) is 34.0. The number of carbonyl (C=O) groups excluding carboxylic acids is 2. The first-order chi connectivity index (χ1) is 18.4. The summed E-state index contributed by atoms with van der Waals surface area (Å²) in [7, 11) is 0. The van der Waals surface area contributed by atoms with E-state index in [0.29, 0.717) is 42.5 Å². The van der Waals surface area contributed by atoms with Crippen LogP contribution >= 0.6 is 23.2 Å². The molecule has 0 atom stereocenters. The molecule has 0 N–H and O–H groups in total. The highest BCUT2D eigenvalue weighted by Crippen LogP contribution is 2.30. The smallest absolute Gasteiger partial charge is 0.230 e. The lowest BCUT2D eigenvalue weighted by atomic mass is 9.94. The van der Waals surface area contributed by atoms with Crippen LogP contribution in [-0.4, -0.2) is 85.4 Å². The third-order valence-corrected chi connectivity index (χ3v) is 8.30. The van der Waals surface area contributed by atoms with Crippen LogP contribution in [0.2, 0.25) is 10.0 Å². The van der Waals surface area contributed by atoms with Crippen molar-refractivity contribution >= 4 is 46.8 Å². The van der Waals surface area contributed by atoms with Crippen LogP contribution in [0.3, 0.4) is 0 Å². The molecule has 204 valence electrons. The van der Waals surface area contributed by atoms with Gasteiger partial charge in [-0.2, -0.15) is 0 Å². The monoisotopic (exact) mass is 556 g/mol. The lowest BCUT2D eigenvalue weighted by Crippen LogP contribution is -2.47. The molecule has 0 radical (unpaired) electrons.